The van der Waals surface area contributed by atoms with Crippen LogP contribution in [0, 0.1) is 0 Å². The molecule has 0 aliphatic carbocycles. The molecule has 0 saturated carbocycles. The molecule has 1 aromatic carbocycles. The molecule has 4 N–H and O–H groups in total. The van der Waals surface area contributed by atoms with Gasteiger partial charge in [-0.3, -0.25) is 0 Å². The maximum atomic E-state index is 6.14. The van der Waals surface area contributed by atoms with Gasteiger partial charge in [-0.25, -0.2) is 0 Å². The van der Waals surface area contributed by atoms with E-state index in [0.717, 1.165) is 5.56 Å². The molecule has 3 heteroatoms. The van der Waals surface area contributed by atoms with Crippen LogP contribution < -0.4 is 11.5 Å². The first-order chi connectivity index (χ1) is 7.13. The molecule has 1 aliphatic rings. The normalized spacial score (nSPS) is 19.4. The van der Waals surface area contributed by atoms with E-state index in [1.165, 1.54) is 29.1 Å². The number of hydrogen-bond acceptors (Lipinski definition) is 3. The topological polar surface area (TPSA) is 52.0 Å². The summed E-state index contributed by atoms with van der Waals surface area (Å²) < 4.78 is 0. The summed E-state index contributed by atoms with van der Waals surface area (Å²) in [5.74, 6) is 1.24. The fourth-order valence-electron chi connectivity index (χ4n) is 1.83. The minimum atomic E-state index is -0.392. The van der Waals surface area contributed by atoms with Crippen molar-refractivity contribution in [2.45, 2.75) is 30.2 Å². The van der Waals surface area contributed by atoms with E-state index in [0.29, 0.717) is 6.54 Å². The van der Waals surface area contributed by atoms with E-state index in [9.17, 15) is 0 Å². The molecule has 0 spiro atoms. The summed E-state index contributed by atoms with van der Waals surface area (Å²) in [6, 6.07) is 6.54. The Morgan fingerprint density at radius 2 is 2.27 bits per heavy atom. The standard InChI is InChI=1S/C12H18N2S/c1-12(14,8-13)10-4-5-11-9(7-10)3-2-6-15-11/h4-5,7H,2-3,6,8,13-14H2,1H3. The summed E-state index contributed by atoms with van der Waals surface area (Å²) in [6.45, 7) is 2.48. The number of benzene rings is 1. The smallest absolute Gasteiger partial charge is 0.0505 e. The quantitative estimate of drug-likeness (QED) is 0.803. The second-order valence-corrected chi connectivity index (χ2v) is 5.53. The average Bonchev–Trinajstić information content (AvgIpc) is 2.28. The van der Waals surface area contributed by atoms with Gasteiger partial charge >= 0.3 is 0 Å². The van der Waals surface area contributed by atoms with Gasteiger partial charge in [-0.05, 0) is 42.7 Å². The van der Waals surface area contributed by atoms with Crippen LogP contribution in [0.1, 0.15) is 24.5 Å². The highest BCUT2D eigenvalue weighted by Gasteiger charge is 2.20. The van der Waals surface area contributed by atoms with Gasteiger partial charge < -0.3 is 11.5 Å². The Bertz CT molecular complexity index is 361. The van der Waals surface area contributed by atoms with Crippen LogP contribution in [0.3, 0.4) is 0 Å². The second-order valence-electron chi connectivity index (χ2n) is 4.40. The molecule has 0 amide bonds. The largest absolute Gasteiger partial charge is 0.328 e. The van der Waals surface area contributed by atoms with Crippen LogP contribution in [-0.2, 0) is 12.0 Å². The van der Waals surface area contributed by atoms with Crippen LogP contribution in [0.15, 0.2) is 23.1 Å². The van der Waals surface area contributed by atoms with E-state index in [1.54, 1.807) is 0 Å². The zero-order valence-corrected chi connectivity index (χ0v) is 9.94. The maximum Gasteiger partial charge on any atom is 0.0505 e. The molecule has 0 aromatic heterocycles. The molecule has 1 unspecified atom stereocenters. The molecule has 82 valence electrons. The maximum absolute atomic E-state index is 6.14. The lowest BCUT2D eigenvalue weighted by atomic mass is 9.91. The molecule has 0 bridgehead atoms. The first kappa shape index (κ1) is 11.0. The Morgan fingerprint density at radius 3 is 3.00 bits per heavy atom. The van der Waals surface area contributed by atoms with E-state index in [1.807, 2.05) is 18.7 Å². The number of fused-ring (bicyclic) bond motifs is 1. The Labute approximate surface area is 95.4 Å². The Balaban J connectivity index is 2.36. The molecule has 1 atom stereocenters. The van der Waals surface area contributed by atoms with Crippen molar-refractivity contribution in [1.82, 2.24) is 0 Å². The monoisotopic (exact) mass is 222 g/mol. The van der Waals surface area contributed by atoms with Crippen molar-refractivity contribution >= 4 is 11.8 Å². The molecule has 1 aliphatic heterocycles. The lowest BCUT2D eigenvalue weighted by molar-refractivity contribution is 0.506. The summed E-state index contributed by atoms with van der Waals surface area (Å²) in [5, 5.41) is 0. The lowest BCUT2D eigenvalue weighted by Crippen LogP contribution is -2.40. The zero-order chi connectivity index (χ0) is 10.9. The summed E-state index contributed by atoms with van der Waals surface area (Å²) >= 11 is 1.94. The molecule has 2 rings (SSSR count). The first-order valence-corrected chi connectivity index (χ1v) is 6.37. The van der Waals surface area contributed by atoms with Gasteiger partial charge in [-0.2, -0.15) is 0 Å². The molecule has 1 aromatic rings. The van der Waals surface area contributed by atoms with Gasteiger partial charge in [0.05, 0.1) is 5.54 Å². The van der Waals surface area contributed by atoms with Crippen molar-refractivity contribution in [3.8, 4) is 0 Å². The molecular weight excluding hydrogens is 204 g/mol. The van der Waals surface area contributed by atoms with Gasteiger partial charge in [-0.15, -0.1) is 11.8 Å². The first-order valence-electron chi connectivity index (χ1n) is 5.38. The van der Waals surface area contributed by atoms with Gasteiger partial charge in [0.1, 0.15) is 0 Å². The highest BCUT2D eigenvalue weighted by Crippen LogP contribution is 2.32. The van der Waals surface area contributed by atoms with E-state index in [-0.39, 0.29) is 0 Å². The van der Waals surface area contributed by atoms with E-state index < -0.39 is 5.54 Å². The number of thioether (sulfide) groups is 1. The van der Waals surface area contributed by atoms with Crippen molar-refractivity contribution in [3.63, 3.8) is 0 Å². The highest BCUT2D eigenvalue weighted by atomic mass is 32.2. The van der Waals surface area contributed by atoms with Crippen LogP contribution >= 0.6 is 11.8 Å². The minimum absolute atomic E-state index is 0.392. The summed E-state index contributed by atoms with van der Waals surface area (Å²) in [6.07, 6.45) is 2.45. The SMILES string of the molecule is CC(N)(CN)c1ccc2c(c1)CCCS2. The third kappa shape index (κ3) is 2.19. The predicted octanol–water partition coefficient (Wildman–Crippen LogP) is 1.86. The summed E-state index contributed by atoms with van der Waals surface area (Å²) in [7, 11) is 0. The molecule has 1 heterocycles. The fraction of sp³-hybridized carbons (Fsp3) is 0.500. The third-order valence-corrected chi connectivity index (χ3v) is 4.19. The average molecular weight is 222 g/mol. The van der Waals surface area contributed by atoms with Crippen molar-refractivity contribution in [3.05, 3.63) is 29.3 Å². The molecule has 0 saturated heterocycles. The summed E-state index contributed by atoms with van der Waals surface area (Å²) in [4.78, 5) is 1.41. The van der Waals surface area contributed by atoms with Crippen LogP contribution in [0.25, 0.3) is 0 Å². The fourth-order valence-corrected chi connectivity index (χ4v) is 2.85. The number of rotatable bonds is 2. The number of hydrogen-bond donors (Lipinski definition) is 2. The van der Waals surface area contributed by atoms with Crippen molar-refractivity contribution in [2.75, 3.05) is 12.3 Å². The molecule has 15 heavy (non-hydrogen) atoms. The van der Waals surface area contributed by atoms with Crippen LogP contribution in [0.5, 0.6) is 0 Å². The Kier molecular flexibility index (Phi) is 3.05. The van der Waals surface area contributed by atoms with E-state index in [2.05, 4.69) is 18.2 Å². The second kappa shape index (κ2) is 4.16. The van der Waals surface area contributed by atoms with Crippen molar-refractivity contribution in [1.29, 1.82) is 0 Å². The zero-order valence-electron chi connectivity index (χ0n) is 9.12. The van der Waals surface area contributed by atoms with Crippen molar-refractivity contribution in [2.24, 2.45) is 11.5 Å². The van der Waals surface area contributed by atoms with Crippen molar-refractivity contribution < 1.29 is 0 Å². The molecule has 0 radical (unpaired) electrons. The predicted molar refractivity (Wildman–Crippen MR) is 66.1 cm³/mol. The van der Waals surface area contributed by atoms with Gasteiger partial charge in [0.15, 0.2) is 0 Å². The van der Waals surface area contributed by atoms with Crippen LogP contribution in [0.4, 0.5) is 0 Å². The Hall–Kier alpha value is -0.510. The number of nitrogens with two attached hydrogens (primary N) is 2. The molecular formula is C12H18N2S. The summed E-state index contributed by atoms with van der Waals surface area (Å²) in [5.41, 5.74) is 14.0. The van der Waals surface area contributed by atoms with E-state index in [4.69, 9.17) is 11.5 Å². The van der Waals surface area contributed by atoms with Gasteiger partial charge in [0.25, 0.3) is 0 Å². The molecule has 0 fully saturated rings. The number of aryl methyl sites for hydroxylation is 1. The van der Waals surface area contributed by atoms with Crippen LogP contribution in [-0.4, -0.2) is 12.3 Å². The van der Waals surface area contributed by atoms with E-state index >= 15 is 0 Å². The van der Waals surface area contributed by atoms with Gasteiger partial charge in [0.2, 0.25) is 0 Å². The van der Waals surface area contributed by atoms with Gasteiger partial charge in [0, 0.05) is 11.4 Å². The minimum Gasteiger partial charge on any atom is -0.328 e. The molecule has 2 nitrogen and oxygen atoms in total. The van der Waals surface area contributed by atoms with Crippen LogP contribution in [0.2, 0.25) is 0 Å². The third-order valence-electron chi connectivity index (χ3n) is 2.99. The van der Waals surface area contributed by atoms with Gasteiger partial charge in [-0.1, -0.05) is 12.1 Å². The highest BCUT2D eigenvalue weighted by molar-refractivity contribution is 7.99. The Morgan fingerprint density at radius 1 is 1.47 bits per heavy atom. The lowest BCUT2D eigenvalue weighted by Gasteiger charge is -2.25.